The SMILES string of the molecule is O=C(Nc1ccccc1F)N1CC2(CN(Cc3ccccc3)CC2C(=O)N2CCCC2)C1. The van der Waals surface area contributed by atoms with Gasteiger partial charge in [0.2, 0.25) is 5.91 Å². The standard InChI is InChI=1S/C25H29FN4O2/c26-21-10-4-5-11-22(21)27-24(32)30-17-25(18-30)16-28(14-19-8-2-1-3-9-19)15-20(25)23(31)29-12-6-7-13-29/h1-5,8-11,20H,6-7,12-18H2,(H,27,32). The number of anilines is 1. The third kappa shape index (κ3) is 3.97. The first-order valence-corrected chi connectivity index (χ1v) is 11.4. The molecule has 2 aromatic rings. The van der Waals surface area contributed by atoms with Crippen LogP contribution in [0.5, 0.6) is 0 Å². The lowest BCUT2D eigenvalue weighted by atomic mass is 9.71. The van der Waals surface area contributed by atoms with Crippen LogP contribution in [0, 0.1) is 17.2 Å². The summed E-state index contributed by atoms with van der Waals surface area (Å²) in [6, 6.07) is 16.2. The van der Waals surface area contributed by atoms with Crippen LogP contribution in [0.4, 0.5) is 14.9 Å². The van der Waals surface area contributed by atoms with Crippen molar-refractivity contribution < 1.29 is 14.0 Å². The topological polar surface area (TPSA) is 55.9 Å². The maximum absolute atomic E-state index is 13.9. The lowest BCUT2D eigenvalue weighted by molar-refractivity contribution is -0.140. The minimum absolute atomic E-state index is 0.109. The number of carbonyl (C=O) groups is 2. The number of likely N-dealkylation sites (tertiary alicyclic amines) is 3. The zero-order valence-corrected chi connectivity index (χ0v) is 18.2. The largest absolute Gasteiger partial charge is 0.342 e. The summed E-state index contributed by atoms with van der Waals surface area (Å²) < 4.78 is 13.9. The molecule has 0 aliphatic carbocycles. The second kappa shape index (κ2) is 8.54. The molecule has 0 aromatic heterocycles. The fourth-order valence-corrected chi connectivity index (χ4v) is 5.47. The number of nitrogens with one attached hydrogen (secondary N) is 1. The molecule has 3 aliphatic rings. The van der Waals surface area contributed by atoms with Crippen molar-refractivity contribution in [2.24, 2.45) is 11.3 Å². The van der Waals surface area contributed by atoms with Gasteiger partial charge in [-0.2, -0.15) is 0 Å². The van der Waals surface area contributed by atoms with Crippen molar-refractivity contribution >= 4 is 17.6 Å². The van der Waals surface area contributed by atoms with Crippen LogP contribution >= 0.6 is 0 Å². The fraction of sp³-hybridized carbons (Fsp3) is 0.440. The molecule has 3 aliphatic heterocycles. The van der Waals surface area contributed by atoms with Crippen LogP contribution < -0.4 is 5.32 Å². The minimum Gasteiger partial charge on any atom is -0.342 e. The summed E-state index contributed by atoms with van der Waals surface area (Å²) in [6.45, 7) is 5.01. The van der Waals surface area contributed by atoms with E-state index in [1.807, 2.05) is 23.1 Å². The Morgan fingerprint density at radius 2 is 1.62 bits per heavy atom. The van der Waals surface area contributed by atoms with Crippen molar-refractivity contribution in [1.29, 1.82) is 0 Å². The van der Waals surface area contributed by atoms with E-state index in [4.69, 9.17) is 0 Å². The van der Waals surface area contributed by atoms with Gasteiger partial charge in [-0.15, -0.1) is 0 Å². The van der Waals surface area contributed by atoms with Crippen LogP contribution in [0.2, 0.25) is 0 Å². The number of benzene rings is 2. The molecule has 168 valence electrons. The molecular formula is C25H29FN4O2. The number of rotatable bonds is 4. The molecule has 0 saturated carbocycles. The Balaban J connectivity index is 1.29. The molecule has 3 saturated heterocycles. The number of nitrogens with zero attached hydrogens (tertiary/aromatic N) is 3. The van der Waals surface area contributed by atoms with Crippen LogP contribution in [-0.4, -0.2) is 65.9 Å². The van der Waals surface area contributed by atoms with Gasteiger partial charge in [0.05, 0.1) is 11.6 Å². The summed E-state index contributed by atoms with van der Waals surface area (Å²) in [5.41, 5.74) is 1.17. The number of amides is 3. The Kier molecular flexibility index (Phi) is 5.59. The van der Waals surface area contributed by atoms with Gasteiger partial charge in [0.1, 0.15) is 5.82 Å². The number of carbonyl (C=O) groups excluding carboxylic acids is 2. The second-order valence-corrected chi connectivity index (χ2v) is 9.37. The molecule has 0 bridgehead atoms. The predicted octanol–water partition coefficient (Wildman–Crippen LogP) is 3.41. The van der Waals surface area contributed by atoms with Crippen molar-refractivity contribution in [3.63, 3.8) is 0 Å². The van der Waals surface area contributed by atoms with Crippen LogP contribution in [0.3, 0.4) is 0 Å². The quantitative estimate of drug-likeness (QED) is 0.799. The summed E-state index contributed by atoms with van der Waals surface area (Å²) in [7, 11) is 0. The number of para-hydroxylation sites is 1. The van der Waals surface area contributed by atoms with Crippen molar-refractivity contribution in [2.75, 3.05) is 44.6 Å². The highest BCUT2D eigenvalue weighted by Crippen LogP contribution is 2.45. The lowest BCUT2D eigenvalue weighted by Crippen LogP contribution is -2.64. The van der Waals surface area contributed by atoms with Gasteiger partial charge >= 0.3 is 6.03 Å². The predicted molar refractivity (Wildman–Crippen MR) is 120 cm³/mol. The molecule has 3 fully saturated rings. The number of halogens is 1. The molecule has 3 amide bonds. The summed E-state index contributed by atoms with van der Waals surface area (Å²) in [4.78, 5) is 32.2. The van der Waals surface area contributed by atoms with E-state index >= 15 is 0 Å². The molecule has 32 heavy (non-hydrogen) atoms. The maximum atomic E-state index is 13.9. The van der Waals surface area contributed by atoms with E-state index in [0.717, 1.165) is 39.0 Å². The highest BCUT2D eigenvalue weighted by molar-refractivity contribution is 5.90. The van der Waals surface area contributed by atoms with E-state index in [2.05, 4.69) is 22.3 Å². The molecule has 0 radical (unpaired) electrons. The van der Waals surface area contributed by atoms with Gasteiger partial charge in [-0.1, -0.05) is 42.5 Å². The average molecular weight is 437 g/mol. The smallest absolute Gasteiger partial charge is 0.321 e. The number of urea groups is 1. The van der Waals surface area contributed by atoms with Crippen molar-refractivity contribution in [2.45, 2.75) is 19.4 Å². The van der Waals surface area contributed by atoms with Gasteiger partial charge in [0.25, 0.3) is 0 Å². The zero-order valence-electron chi connectivity index (χ0n) is 18.2. The van der Waals surface area contributed by atoms with E-state index in [1.165, 1.54) is 11.6 Å². The normalized spacial score (nSPS) is 22.2. The van der Waals surface area contributed by atoms with Crippen LogP contribution in [0.15, 0.2) is 54.6 Å². The summed E-state index contributed by atoms with van der Waals surface area (Å²) >= 11 is 0. The van der Waals surface area contributed by atoms with Crippen LogP contribution in [0.1, 0.15) is 18.4 Å². The molecule has 7 heteroatoms. The Morgan fingerprint density at radius 1 is 0.938 bits per heavy atom. The van der Waals surface area contributed by atoms with Crippen molar-refractivity contribution in [3.05, 3.63) is 66.0 Å². The monoisotopic (exact) mass is 436 g/mol. The fourth-order valence-electron chi connectivity index (χ4n) is 5.47. The Morgan fingerprint density at radius 3 is 2.34 bits per heavy atom. The van der Waals surface area contributed by atoms with Crippen molar-refractivity contribution in [3.8, 4) is 0 Å². The number of hydrogen-bond acceptors (Lipinski definition) is 3. The molecule has 2 aromatic carbocycles. The highest BCUT2D eigenvalue weighted by Gasteiger charge is 2.58. The highest BCUT2D eigenvalue weighted by atomic mass is 19.1. The Bertz CT molecular complexity index is 986. The molecule has 1 unspecified atom stereocenters. The van der Waals surface area contributed by atoms with Gasteiger partial charge in [-0.05, 0) is 30.5 Å². The van der Waals surface area contributed by atoms with Gasteiger partial charge < -0.3 is 15.1 Å². The van der Waals surface area contributed by atoms with Gasteiger partial charge in [0, 0.05) is 51.2 Å². The average Bonchev–Trinajstić information content (AvgIpc) is 3.43. The molecule has 6 nitrogen and oxygen atoms in total. The van der Waals surface area contributed by atoms with Gasteiger partial charge in [-0.3, -0.25) is 9.69 Å². The molecule has 1 N–H and O–H groups in total. The van der Waals surface area contributed by atoms with Gasteiger partial charge in [0.15, 0.2) is 0 Å². The molecular weight excluding hydrogens is 407 g/mol. The molecule has 5 rings (SSSR count). The first-order valence-electron chi connectivity index (χ1n) is 11.4. The van der Waals surface area contributed by atoms with Gasteiger partial charge in [-0.25, -0.2) is 9.18 Å². The Labute approximate surface area is 188 Å². The molecule has 1 spiro atoms. The Hall–Kier alpha value is -2.93. The van der Waals surface area contributed by atoms with E-state index in [-0.39, 0.29) is 29.0 Å². The van der Waals surface area contributed by atoms with Crippen molar-refractivity contribution in [1.82, 2.24) is 14.7 Å². The summed E-state index contributed by atoms with van der Waals surface area (Å²) in [6.07, 6.45) is 2.13. The summed E-state index contributed by atoms with van der Waals surface area (Å²) in [5.74, 6) is -0.331. The molecule has 1 atom stereocenters. The first kappa shape index (κ1) is 20.9. The first-order chi connectivity index (χ1) is 15.5. The van der Waals surface area contributed by atoms with E-state index in [1.54, 1.807) is 23.1 Å². The summed E-state index contributed by atoms with van der Waals surface area (Å²) in [5, 5.41) is 2.67. The number of hydrogen-bond donors (Lipinski definition) is 1. The second-order valence-electron chi connectivity index (χ2n) is 9.37. The molecule has 3 heterocycles. The minimum atomic E-state index is -0.451. The maximum Gasteiger partial charge on any atom is 0.321 e. The van der Waals surface area contributed by atoms with Crippen LogP contribution in [0.25, 0.3) is 0 Å². The van der Waals surface area contributed by atoms with E-state index in [0.29, 0.717) is 19.6 Å². The van der Waals surface area contributed by atoms with E-state index in [9.17, 15) is 14.0 Å². The van der Waals surface area contributed by atoms with Crippen LogP contribution in [-0.2, 0) is 11.3 Å². The third-order valence-corrected chi connectivity index (χ3v) is 7.10. The zero-order chi connectivity index (χ0) is 22.1. The van der Waals surface area contributed by atoms with E-state index < -0.39 is 5.82 Å². The third-order valence-electron chi connectivity index (χ3n) is 7.10. The lowest BCUT2D eigenvalue weighted by Gasteiger charge is -2.50.